The number of thioether (sulfide) groups is 1. The van der Waals surface area contributed by atoms with E-state index in [2.05, 4.69) is 21.0 Å². The maximum atomic E-state index is 12.0. The molecule has 0 saturated heterocycles. The van der Waals surface area contributed by atoms with Crippen molar-refractivity contribution in [1.29, 1.82) is 0 Å². The molecule has 0 spiro atoms. The maximum absolute atomic E-state index is 12.0. The van der Waals surface area contributed by atoms with Gasteiger partial charge < -0.3 is 4.74 Å². The molecule has 2 aromatic rings. The van der Waals surface area contributed by atoms with Gasteiger partial charge in [0.05, 0.1) is 18.4 Å². The minimum absolute atomic E-state index is 0.113. The van der Waals surface area contributed by atoms with Crippen molar-refractivity contribution in [2.24, 2.45) is 0 Å². The van der Waals surface area contributed by atoms with Crippen LogP contribution in [-0.2, 0) is 4.79 Å². The Morgan fingerprint density at radius 2 is 2.23 bits per heavy atom. The van der Waals surface area contributed by atoms with Gasteiger partial charge in [-0.2, -0.15) is 0 Å². The molecule has 2 amide bonds. The standard InChI is InChI=1S/C12H11ClN4O3S2/c1-20-9-3-2-7(13)4-8(9)11(19)16-15-10(18)5-21-12-17-14-6-22-12/h2-4,6H,5H2,1H3,(H,15,18)(H,16,19). The minimum atomic E-state index is -0.520. The van der Waals surface area contributed by atoms with Gasteiger partial charge in [-0.3, -0.25) is 20.4 Å². The van der Waals surface area contributed by atoms with E-state index < -0.39 is 5.91 Å². The zero-order chi connectivity index (χ0) is 15.9. The van der Waals surface area contributed by atoms with Crippen LogP contribution in [0.25, 0.3) is 0 Å². The molecule has 0 fully saturated rings. The number of hydrazine groups is 1. The van der Waals surface area contributed by atoms with Crippen LogP contribution in [0.4, 0.5) is 0 Å². The number of carbonyl (C=O) groups excluding carboxylic acids is 2. The lowest BCUT2D eigenvalue weighted by Crippen LogP contribution is -2.42. The molecule has 0 unspecified atom stereocenters. The molecule has 22 heavy (non-hydrogen) atoms. The summed E-state index contributed by atoms with van der Waals surface area (Å²) in [7, 11) is 1.44. The van der Waals surface area contributed by atoms with Crippen LogP contribution in [0.3, 0.4) is 0 Å². The van der Waals surface area contributed by atoms with E-state index in [1.165, 1.54) is 36.3 Å². The van der Waals surface area contributed by atoms with Crippen LogP contribution >= 0.6 is 34.7 Å². The summed E-state index contributed by atoms with van der Waals surface area (Å²) >= 11 is 8.41. The quantitative estimate of drug-likeness (QED) is 0.625. The molecule has 1 aromatic carbocycles. The Balaban J connectivity index is 1.87. The fourth-order valence-electron chi connectivity index (χ4n) is 1.44. The lowest BCUT2D eigenvalue weighted by atomic mass is 10.2. The average molecular weight is 359 g/mol. The lowest BCUT2D eigenvalue weighted by molar-refractivity contribution is -0.119. The Hall–Kier alpha value is -1.84. The molecule has 1 aromatic heterocycles. The lowest BCUT2D eigenvalue weighted by Gasteiger charge is -2.10. The van der Waals surface area contributed by atoms with E-state index in [1.807, 2.05) is 0 Å². The zero-order valence-corrected chi connectivity index (χ0v) is 13.7. The zero-order valence-electron chi connectivity index (χ0n) is 11.3. The summed E-state index contributed by atoms with van der Waals surface area (Å²) in [6.07, 6.45) is 0. The summed E-state index contributed by atoms with van der Waals surface area (Å²) in [5.41, 5.74) is 6.43. The van der Waals surface area contributed by atoms with Crippen LogP contribution in [0.1, 0.15) is 10.4 Å². The van der Waals surface area contributed by atoms with Gasteiger partial charge >= 0.3 is 0 Å². The number of amides is 2. The van der Waals surface area contributed by atoms with Gasteiger partial charge in [-0.15, -0.1) is 10.2 Å². The molecule has 1 heterocycles. The highest BCUT2D eigenvalue weighted by Crippen LogP contribution is 2.22. The molecular formula is C12H11ClN4O3S2. The number of rotatable bonds is 5. The number of carbonyl (C=O) groups is 2. The molecule has 0 radical (unpaired) electrons. The van der Waals surface area contributed by atoms with E-state index in [1.54, 1.807) is 17.6 Å². The number of halogens is 1. The Morgan fingerprint density at radius 1 is 1.41 bits per heavy atom. The number of methoxy groups -OCH3 is 1. The van der Waals surface area contributed by atoms with Crippen LogP contribution in [0.2, 0.25) is 5.02 Å². The molecule has 116 valence electrons. The minimum Gasteiger partial charge on any atom is -0.496 e. The van der Waals surface area contributed by atoms with Crippen molar-refractivity contribution in [3.63, 3.8) is 0 Å². The predicted molar refractivity (Wildman–Crippen MR) is 84.2 cm³/mol. The third-order valence-corrected chi connectivity index (χ3v) is 4.48. The Bertz CT molecular complexity index is 666. The highest BCUT2D eigenvalue weighted by molar-refractivity contribution is 8.01. The largest absolute Gasteiger partial charge is 0.496 e. The second kappa shape index (κ2) is 7.97. The van der Waals surface area contributed by atoms with E-state index in [0.717, 1.165) is 0 Å². The maximum Gasteiger partial charge on any atom is 0.273 e. The predicted octanol–water partition coefficient (Wildman–Crippen LogP) is 1.75. The number of nitrogens with one attached hydrogen (secondary N) is 2. The average Bonchev–Trinajstić information content (AvgIpc) is 3.04. The number of benzene rings is 1. The summed E-state index contributed by atoms with van der Waals surface area (Å²) in [6.45, 7) is 0. The summed E-state index contributed by atoms with van der Waals surface area (Å²) < 4.78 is 5.75. The van der Waals surface area contributed by atoms with E-state index in [9.17, 15) is 9.59 Å². The van der Waals surface area contributed by atoms with E-state index in [0.29, 0.717) is 15.1 Å². The molecule has 0 aliphatic rings. The molecule has 0 atom stereocenters. The highest BCUT2D eigenvalue weighted by atomic mass is 35.5. The van der Waals surface area contributed by atoms with Gasteiger partial charge in [0.1, 0.15) is 11.3 Å². The SMILES string of the molecule is COc1ccc(Cl)cc1C(=O)NNC(=O)CSc1nncs1. The fourth-order valence-corrected chi connectivity index (χ4v) is 2.90. The number of aromatic nitrogens is 2. The Labute approximate surface area is 139 Å². The summed E-state index contributed by atoms with van der Waals surface area (Å²) in [6, 6.07) is 4.64. The van der Waals surface area contributed by atoms with Crippen molar-refractivity contribution in [3.8, 4) is 5.75 Å². The summed E-state index contributed by atoms with van der Waals surface area (Å²) in [5, 5.41) is 7.85. The first kappa shape index (κ1) is 16.5. The van der Waals surface area contributed by atoms with Gasteiger partial charge in [0, 0.05) is 5.02 Å². The first-order valence-corrected chi connectivity index (χ1v) is 8.16. The topological polar surface area (TPSA) is 93.2 Å². The normalized spacial score (nSPS) is 10.1. The number of hydrogen-bond acceptors (Lipinski definition) is 7. The first-order valence-electron chi connectivity index (χ1n) is 5.92. The van der Waals surface area contributed by atoms with Crippen LogP contribution in [0, 0.1) is 0 Å². The highest BCUT2D eigenvalue weighted by Gasteiger charge is 2.14. The van der Waals surface area contributed by atoms with Gasteiger partial charge in [-0.05, 0) is 18.2 Å². The summed E-state index contributed by atoms with van der Waals surface area (Å²) in [4.78, 5) is 23.7. The van der Waals surface area contributed by atoms with E-state index in [4.69, 9.17) is 16.3 Å². The van der Waals surface area contributed by atoms with Crippen LogP contribution in [0.15, 0.2) is 28.0 Å². The van der Waals surface area contributed by atoms with E-state index >= 15 is 0 Å². The second-order valence-corrected chi connectivity index (χ2v) is 6.33. The van der Waals surface area contributed by atoms with Crippen molar-refractivity contribution in [3.05, 3.63) is 34.3 Å². The van der Waals surface area contributed by atoms with Crippen LogP contribution in [0.5, 0.6) is 5.75 Å². The molecule has 0 aliphatic heterocycles. The van der Waals surface area contributed by atoms with Crippen molar-refractivity contribution < 1.29 is 14.3 Å². The van der Waals surface area contributed by atoms with Crippen molar-refractivity contribution in [2.45, 2.75) is 4.34 Å². The fraction of sp³-hybridized carbons (Fsp3) is 0.167. The number of nitrogens with zero attached hydrogens (tertiary/aromatic N) is 2. The monoisotopic (exact) mass is 358 g/mol. The summed E-state index contributed by atoms with van der Waals surface area (Å²) in [5.74, 6) is -0.412. The molecule has 7 nitrogen and oxygen atoms in total. The van der Waals surface area contributed by atoms with Gasteiger partial charge in [0.25, 0.3) is 5.91 Å². The van der Waals surface area contributed by atoms with Gasteiger partial charge in [0.2, 0.25) is 5.91 Å². The van der Waals surface area contributed by atoms with Crippen LogP contribution in [-0.4, -0.2) is 34.9 Å². The Morgan fingerprint density at radius 3 is 2.91 bits per heavy atom. The molecule has 10 heteroatoms. The van der Waals surface area contributed by atoms with Gasteiger partial charge in [0.15, 0.2) is 4.34 Å². The molecule has 0 aliphatic carbocycles. The van der Waals surface area contributed by atoms with E-state index in [-0.39, 0.29) is 17.2 Å². The third-order valence-electron chi connectivity index (χ3n) is 2.39. The van der Waals surface area contributed by atoms with Gasteiger partial charge in [-0.25, -0.2) is 0 Å². The van der Waals surface area contributed by atoms with Crippen molar-refractivity contribution in [1.82, 2.24) is 21.0 Å². The smallest absolute Gasteiger partial charge is 0.273 e. The Kier molecular flexibility index (Phi) is 5.99. The van der Waals surface area contributed by atoms with Gasteiger partial charge in [-0.1, -0.05) is 34.7 Å². The molecule has 2 N–H and O–H groups in total. The number of hydrogen-bond donors (Lipinski definition) is 2. The number of ether oxygens (including phenoxy) is 1. The molecule has 2 rings (SSSR count). The van der Waals surface area contributed by atoms with Crippen molar-refractivity contribution >= 4 is 46.5 Å². The van der Waals surface area contributed by atoms with Crippen molar-refractivity contribution in [2.75, 3.05) is 12.9 Å². The van der Waals surface area contributed by atoms with Crippen LogP contribution < -0.4 is 15.6 Å². The first-order chi connectivity index (χ1) is 10.6. The molecule has 0 saturated carbocycles. The molecular weight excluding hydrogens is 348 g/mol. The molecule has 0 bridgehead atoms. The third kappa shape index (κ3) is 4.58. The second-order valence-electron chi connectivity index (χ2n) is 3.84.